The molecule has 0 aliphatic rings. The molecule has 3 rings (SSSR count). The third-order valence-corrected chi connectivity index (χ3v) is 4.02. The average molecular weight is 337 g/mol. The summed E-state index contributed by atoms with van der Waals surface area (Å²) in [5.74, 6) is 0.442. The number of carbonyl (C=O) groups is 1. The van der Waals surface area contributed by atoms with Gasteiger partial charge in [-0.2, -0.15) is 5.10 Å². The number of amides is 1. The van der Waals surface area contributed by atoms with Gasteiger partial charge in [-0.05, 0) is 42.2 Å². The van der Waals surface area contributed by atoms with Gasteiger partial charge in [0.1, 0.15) is 18.7 Å². The van der Waals surface area contributed by atoms with Crippen molar-refractivity contribution in [3.8, 4) is 0 Å². The first-order valence-corrected chi connectivity index (χ1v) is 8.46. The largest absolute Gasteiger partial charge is 0.342 e. The van der Waals surface area contributed by atoms with Crippen molar-refractivity contribution in [3.05, 3.63) is 67.0 Å². The Bertz CT molecular complexity index is 776. The summed E-state index contributed by atoms with van der Waals surface area (Å²) in [7, 11) is 0. The maximum absolute atomic E-state index is 12.7. The highest BCUT2D eigenvalue weighted by molar-refractivity contribution is 5.93. The highest BCUT2D eigenvalue weighted by Gasteiger charge is 2.21. The number of nitrogens with zero attached hydrogens (tertiary/aromatic N) is 4. The Morgan fingerprint density at radius 1 is 1.16 bits per heavy atom. The highest BCUT2D eigenvalue weighted by atomic mass is 16.2. The Hall–Kier alpha value is -2.89. The zero-order chi connectivity index (χ0) is 17.6. The van der Waals surface area contributed by atoms with Crippen LogP contribution in [-0.2, 0) is 11.3 Å². The number of benzene rings is 1. The van der Waals surface area contributed by atoms with Crippen molar-refractivity contribution < 1.29 is 4.79 Å². The number of carbonyl (C=O) groups excluding carboxylic acids is 1. The number of anilines is 1. The molecule has 2 heterocycles. The van der Waals surface area contributed by atoms with Gasteiger partial charge in [0.25, 0.3) is 0 Å². The predicted octanol–water partition coefficient (Wildman–Crippen LogP) is 3.35. The van der Waals surface area contributed by atoms with Crippen molar-refractivity contribution >= 4 is 11.6 Å². The van der Waals surface area contributed by atoms with Crippen molar-refractivity contribution in [1.29, 1.82) is 0 Å². The minimum atomic E-state index is -0.204. The fourth-order valence-corrected chi connectivity index (χ4v) is 2.79. The van der Waals surface area contributed by atoms with Crippen LogP contribution in [0.1, 0.15) is 31.9 Å². The first kappa shape index (κ1) is 17.0. The summed E-state index contributed by atoms with van der Waals surface area (Å²) in [5, 5.41) is 7.12. The van der Waals surface area contributed by atoms with Crippen LogP contribution < -0.4 is 5.32 Å². The number of hydrogen-bond donors (Lipinski definition) is 1. The second-order valence-corrected chi connectivity index (χ2v) is 6.55. The fraction of sp³-hybridized carbons (Fsp3) is 0.316. The van der Waals surface area contributed by atoms with E-state index in [9.17, 15) is 4.79 Å². The van der Waals surface area contributed by atoms with Crippen molar-refractivity contribution in [2.45, 2.75) is 32.9 Å². The summed E-state index contributed by atoms with van der Waals surface area (Å²) in [6.45, 7) is 4.92. The van der Waals surface area contributed by atoms with E-state index in [0.29, 0.717) is 12.5 Å². The molecule has 0 aliphatic carbocycles. The smallest absolute Gasteiger partial charge is 0.247 e. The second-order valence-electron chi connectivity index (χ2n) is 6.55. The van der Waals surface area contributed by atoms with E-state index >= 15 is 0 Å². The lowest BCUT2D eigenvalue weighted by atomic mass is 10.0. The molecule has 3 aromatic rings. The van der Waals surface area contributed by atoms with Crippen LogP contribution in [0, 0.1) is 5.92 Å². The van der Waals surface area contributed by atoms with Crippen LogP contribution in [0.4, 0.5) is 5.69 Å². The van der Waals surface area contributed by atoms with Crippen LogP contribution in [0.25, 0.3) is 0 Å². The Labute approximate surface area is 147 Å². The van der Waals surface area contributed by atoms with Gasteiger partial charge >= 0.3 is 0 Å². The van der Waals surface area contributed by atoms with Gasteiger partial charge in [-0.15, -0.1) is 0 Å². The molecule has 130 valence electrons. The van der Waals surface area contributed by atoms with Gasteiger partial charge in [0.05, 0.1) is 6.54 Å². The van der Waals surface area contributed by atoms with Crippen LogP contribution in [0.5, 0.6) is 0 Å². The summed E-state index contributed by atoms with van der Waals surface area (Å²) in [5.41, 5.74) is 1.90. The lowest BCUT2D eigenvalue weighted by molar-refractivity contribution is -0.119. The number of rotatable bonds is 7. The third kappa shape index (κ3) is 4.56. The fourth-order valence-electron chi connectivity index (χ4n) is 2.79. The van der Waals surface area contributed by atoms with Gasteiger partial charge in [-0.25, -0.2) is 9.67 Å². The van der Waals surface area contributed by atoms with Crippen molar-refractivity contribution in [2.75, 3.05) is 5.32 Å². The molecule has 6 nitrogen and oxygen atoms in total. The minimum absolute atomic E-state index is 0.00827. The quantitative estimate of drug-likeness (QED) is 0.719. The minimum Gasteiger partial charge on any atom is -0.342 e. The van der Waals surface area contributed by atoms with Crippen molar-refractivity contribution in [2.24, 2.45) is 5.92 Å². The normalized spacial score (nSPS) is 12.3. The van der Waals surface area contributed by atoms with E-state index in [1.54, 1.807) is 11.0 Å². The second kappa shape index (κ2) is 7.79. The van der Waals surface area contributed by atoms with Crippen LogP contribution in [-0.4, -0.2) is 25.2 Å². The molecule has 0 radical (unpaired) electrons. The molecule has 0 bridgehead atoms. The van der Waals surface area contributed by atoms with Crippen molar-refractivity contribution in [3.63, 3.8) is 0 Å². The van der Waals surface area contributed by atoms with Gasteiger partial charge in [0, 0.05) is 18.1 Å². The summed E-state index contributed by atoms with van der Waals surface area (Å²) >= 11 is 0. The zero-order valence-corrected chi connectivity index (χ0v) is 14.5. The Morgan fingerprint density at radius 3 is 2.48 bits per heavy atom. The standard InChI is InChI=1S/C19H23N5O/c1-15(2)11-18(23-9-3-4-10-23)19(25)22-17-7-5-16(6-8-17)12-24-14-20-13-21-24/h3-10,13-15,18H,11-12H2,1-2H3,(H,22,25)/t18-/m1/s1. The van der Waals surface area contributed by atoms with Crippen LogP contribution in [0.2, 0.25) is 0 Å². The third-order valence-electron chi connectivity index (χ3n) is 4.02. The molecule has 0 saturated carbocycles. The van der Waals surface area contributed by atoms with E-state index in [2.05, 4.69) is 29.2 Å². The van der Waals surface area contributed by atoms with E-state index in [-0.39, 0.29) is 11.9 Å². The summed E-state index contributed by atoms with van der Waals surface area (Å²) in [4.78, 5) is 16.7. The molecule has 1 amide bonds. The van der Waals surface area contributed by atoms with Crippen LogP contribution in [0.15, 0.2) is 61.4 Å². The molecule has 1 atom stereocenters. The zero-order valence-electron chi connectivity index (χ0n) is 14.5. The van der Waals surface area contributed by atoms with E-state index in [1.165, 1.54) is 6.33 Å². The molecular weight excluding hydrogens is 314 g/mol. The number of aromatic nitrogens is 4. The van der Waals surface area contributed by atoms with E-state index in [1.807, 2.05) is 53.4 Å². The molecule has 6 heteroatoms. The Balaban J connectivity index is 1.66. The predicted molar refractivity (Wildman–Crippen MR) is 97.1 cm³/mol. The molecule has 1 N–H and O–H groups in total. The molecule has 0 saturated heterocycles. The first-order chi connectivity index (χ1) is 12.1. The number of nitrogens with one attached hydrogen (secondary N) is 1. The van der Waals surface area contributed by atoms with Crippen LogP contribution >= 0.6 is 0 Å². The molecule has 1 aromatic carbocycles. The van der Waals surface area contributed by atoms with E-state index in [4.69, 9.17) is 0 Å². The molecule has 0 spiro atoms. The van der Waals surface area contributed by atoms with E-state index < -0.39 is 0 Å². The van der Waals surface area contributed by atoms with Crippen LogP contribution in [0.3, 0.4) is 0 Å². The monoisotopic (exact) mass is 337 g/mol. The van der Waals surface area contributed by atoms with Gasteiger partial charge in [0.2, 0.25) is 5.91 Å². The molecule has 0 fully saturated rings. The molecule has 2 aromatic heterocycles. The number of hydrogen-bond acceptors (Lipinski definition) is 3. The maximum Gasteiger partial charge on any atom is 0.247 e. The topological polar surface area (TPSA) is 64.7 Å². The summed E-state index contributed by atoms with van der Waals surface area (Å²) < 4.78 is 3.73. The Morgan fingerprint density at radius 2 is 1.88 bits per heavy atom. The van der Waals surface area contributed by atoms with Gasteiger partial charge in [-0.1, -0.05) is 26.0 Å². The highest BCUT2D eigenvalue weighted by Crippen LogP contribution is 2.20. The lowest BCUT2D eigenvalue weighted by Crippen LogP contribution is -2.26. The average Bonchev–Trinajstić information content (AvgIpc) is 3.28. The van der Waals surface area contributed by atoms with Gasteiger partial charge in [-0.3, -0.25) is 4.79 Å². The maximum atomic E-state index is 12.7. The molecule has 25 heavy (non-hydrogen) atoms. The van der Waals surface area contributed by atoms with Crippen molar-refractivity contribution in [1.82, 2.24) is 19.3 Å². The summed E-state index contributed by atoms with van der Waals surface area (Å²) in [6.07, 6.45) is 7.88. The van der Waals surface area contributed by atoms with E-state index in [0.717, 1.165) is 17.7 Å². The lowest BCUT2D eigenvalue weighted by Gasteiger charge is -2.20. The first-order valence-electron chi connectivity index (χ1n) is 8.46. The Kier molecular flexibility index (Phi) is 5.28. The SMILES string of the molecule is CC(C)C[C@H](C(=O)Nc1ccc(Cn2cncn2)cc1)n1cccc1. The van der Waals surface area contributed by atoms with Gasteiger partial charge < -0.3 is 9.88 Å². The molecular formula is C19H23N5O. The van der Waals surface area contributed by atoms with Gasteiger partial charge in [0.15, 0.2) is 0 Å². The molecule has 0 aliphatic heterocycles. The summed E-state index contributed by atoms with van der Waals surface area (Å²) in [6, 6.07) is 11.5. The molecule has 0 unspecified atom stereocenters.